The number of fused-ring (bicyclic) bond motifs is 2. The number of hydrogen-bond acceptors (Lipinski definition) is 4. The van der Waals surface area contributed by atoms with Crippen LogP contribution in [0.3, 0.4) is 0 Å². The number of aromatic nitrogens is 1. The average molecular weight is 408 g/mol. The lowest BCUT2D eigenvalue weighted by atomic mass is 10.0. The first-order valence-electron chi connectivity index (χ1n) is 8.54. The highest BCUT2D eigenvalue weighted by atomic mass is 19.4. The summed E-state index contributed by atoms with van der Waals surface area (Å²) in [7, 11) is 0. The highest BCUT2D eigenvalue weighted by Gasteiger charge is 2.38. The van der Waals surface area contributed by atoms with E-state index in [0.29, 0.717) is 0 Å². The molecule has 0 radical (unpaired) electrons. The van der Waals surface area contributed by atoms with E-state index in [1.54, 1.807) is 13.8 Å². The number of hydrogen-bond donors (Lipinski definition) is 0. The molecule has 154 valence electrons. The van der Waals surface area contributed by atoms with Gasteiger partial charge in [0, 0.05) is 17.5 Å². The van der Waals surface area contributed by atoms with Gasteiger partial charge in [0.05, 0.1) is 28.9 Å². The van der Waals surface area contributed by atoms with Crippen molar-refractivity contribution in [1.82, 2.24) is 4.98 Å². The highest BCUT2D eigenvalue weighted by Crippen LogP contribution is 2.43. The van der Waals surface area contributed by atoms with Gasteiger partial charge < -0.3 is 14.4 Å². The largest absolute Gasteiger partial charge is 0.489 e. The molecule has 1 aromatic heterocycles. The van der Waals surface area contributed by atoms with Crippen molar-refractivity contribution in [3.63, 3.8) is 0 Å². The van der Waals surface area contributed by atoms with Gasteiger partial charge >= 0.3 is 12.4 Å². The fourth-order valence-corrected chi connectivity index (χ4v) is 3.07. The van der Waals surface area contributed by atoms with Crippen LogP contribution in [0.2, 0.25) is 0 Å². The Hall–Kier alpha value is -2.39. The zero-order valence-electron chi connectivity index (χ0n) is 15.3. The van der Waals surface area contributed by atoms with E-state index in [-0.39, 0.29) is 34.8 Å². The monoisotopic (exact) mass is 408 g/mol. The van der Waals surface area contributed by atoms with E-state index in [0.717, 1.165) is 17.0 Å². The second-order valence-electron chi connectivity index (χ2n) is 6.91. The normalized spacial score (nSPS) is 17.6. The SMILES string of the molecule is CC(C)Oc1cc(C(F)(F)F)c2cc3c(cc2n1)OCC(C)N3CC(F)(F)F. The number of pyridine rings is 1. The molecule has 1 aromatic carbocycles. The van der Waals surface area contributed by atoms with Crippen LogP contribution in [0.1, 0.15) is 26.3 Å². The second kappa shape index (κ2) is 6.89. The fraction of sp³-hybridized carbons (Fsp3) is 0.500. The van der Waals surface area contributed by atoms with Gasteiger partial charge in [0.15, 0.2) is 0 Å². The van der Waals surface area contributed by atoms with E-state index < -0.39 is 36.6 Å². The standard InChI is InChI=1S/C18H18F6N2O2/c1-9(2)28-16-5-12(18(22,23)24)11-4-14-15(6-13(11)25-16)27-7-10(3)26(14)8-17(19,20)21/h4-6,9-10H,7-8H2,1-3H3. The zero-order valence-corrected chi connectivity index (χ0v) is 15.3. The number of ether oxygens (including phenoxy) is 2. The summed E-state index contributed by atoms with van der Waals surface area (Å²) < 4.78 is 90.5. The van der Waals surface area contributed by atoms with Gasteiger partial charge in [0.2, 0.25) is 5.88 Å². The van der Waals surface area contributed by atoms with Crippen LogP contribution < -0.4 is 14.4 Å². The summed E-state index contributed by atoms with van der Waals surface area (Å²) in [5.41, 5.74) is -1.14. The molecule has 0 fully saturated rings. The highest BCUT2D eigenvalue weighted by molar-refractivity contribution is 5.90. The molecule has 4 nitrogen and oxygen atoms in total. The summed E-state index contributed by atoms with van der Waals surface area (Å²) >= 11 is 0. The molecule has 3 rings (SSSR count). The van der Waals surface area contributed by atoms with Crippen LogP contribution in [-0.4, -0.2) is 36.5 Å². The molecule has 0 spiro atoms. The number of nitrogens with zero attached hydrogens (tertiary/aromatic N) is 2. The number of alkyl halides is 6. The lowest BCUT2D eigenvalue weighted by molar-refractivity contribution is -0.136. The van der Waals surface area contributed by atoms with Crippen molar-refractivity contribution >= 4 is 16.6 Å². The van der Waals surface area contributed by atoms with E-state index in [2.05, 4.69) is 4.98 Å². The first kappa shape index (κ1) is 20.3. The predicted octanol–water partition coefficient (Wildman–Crippen LogP) is 5.19. The molecule has 0 saturated heterocycles. The van der Waals surface area contributed by atoms with Crippen LogP contribution in [0.4, 0.5) is 32.0 Å². The first-order chi connectivity index (χ1) is 12.8. The summed E-state index contributed by atoms with van der Waals surface area (Å²) in [6.07, 6.45) is -9.65. The maximum atomic E-state index is 13.6. The molecule has 2 heterocycles. The van der Waals surface area contributed by atoms with Gasteiger partial charge in [-0.2, -0.15) is 26.3 Å². The van der Waals surface area contributed by atoms with Gasteiger partial charge in [0.25, 0.3) is 0 Å². The van der Waals surface area contributed by atoms with Gasteiger partial charge in [0.1, 0.15) is 18.9 Å². The molecule has 1 atom stereocenters. The Kier molecular flexibility index (Phi) is 5.01. The lowest BCUT2D eigenvalue weighted by Crippen LogP contribution is -2.46. The van der Waals surface area contributed by atoms with Crippen LogP contribution in [0, 0.1) is 0 Å². The maximum absolute atomic E-state index is 13.6. The van der Waals surface area contributed by atoms with Crippen molar-refractivity contribution in [3.05, 3.63) is 23.8 Å². The molecule has 1 unspecified atom stereocenters. The molecule has 10 heteroatoms. The molecule has 28 heavy (non-hydrogen) atoms. The van der Waals surface area contributed by atoms with Gasteiger partial charge in [-0.15, -0.1) is 0 Å². The number of rotatable bonds is 3. The van der Waals surface area contributed by atoms with Crippen molar-refractivity contribution in [2.75, 3.05) is 18.1 Å². The van der Waals surface area contributed by atoms with Crippen LogP contribution in [-0.2, 0) is 6.18 Å². The van der Waals surface area contributed by atoms with Crippen LogP contribution in [0.5, 0.6) is 11.6 Å². The van der Waals surface area contributed by atoms with Crippen LogP contribution >= 0.6 is 0 Å². The first-order valence-corrected chi connectivity index (χ1v) is 8.54. The molecule has 0 amide bonds. The van der Waals surface area contributed by atoms with Gasteiger partial charge in [-0.1, -0.05) is 0 Å². The van der Waals surface area contributed by atoms with Crippen molar-refractivity contribution in [1.29, 1.82) is 0 Å². The van der Waals surface area contributed by atoms with Crippen molar-refractivity contribution < 1.29 is 35.8 Å². The average Bonchev–Trinajstić information content (AvgIpc) is 2.53. The van der Waals surface area contributed by atoms with E-state index >= 15 is 0 Å². The molecule has 0 saturated carbocycles. The molecule has 0 N–H and O–H groups in total. The Balaban J connectivity index is 2.21. The minimum absolute atomic E-state index is 0.0249. The summed E-state index contributed by atoms with van der Waals surface area (Å²) in [5, 5.41) is -0.313. The summed E-state index contributed by atoms with van der Waals surface area (Å²) in [6, 6.07) is 2.39. The Labute approximate surface area is 157 Å². The summed E-state index contributed by atoms with van der Waals surface area (Å²) in [4.78, 5) is 5.07. The number of halogens is 6. The van der Waals surface area contributed by atoms with Crippen LogP contribution in [0.25, 0.3) is 10.9 Å². The smallest absolute Gasteiger partial charge is 0.417 e. The van der Waals surface area contributed by atoms with Gasteiger partial charge in [-0.25, -0.2) is 4.98 Å². The van der Waals surface area contributed by atoms with Gasteiger partial charge in [-0.05, 0) is 26.8 Å². The third-order valence-corrected chi connectivity index (χ3v) is 4.20. The predicted molar refractivity (Wildman–Crippen MR) is 90.9 cm³/mol. The molecule has 2 aromatic rings. The quantitative estimate of drug-likeness (QED) is 0.655. The molecular formula is C18H18F6N2O2. The Morgan fingerprint density at radius 1 is 1.18 bits per heavy atom. The number of benzene rings is 1. The van der Waals surface area contributed by atoms with Crippen LogP contribution in [0.15, 0.2) is 18.2 Å². The zero-order chi connectivity index (χ0) is 20.9. The molecule has 0 aliphatic carbocycles. The van der Waals surface area contributed by atoms with E-state index in [1.807, 2.05) is 0 Å². The van der Waals surface area contributed by atoms with Gasteiger partial charge in [-0.3, -0.25) is 0 Å². The fourth-order valence-electron chi connectivity index (χ4n) is 3.07. The van der Waals surface area contributed by atoms with Crippen molar-refractivity contribution in [3.8, 4) is 11.6 Å². The Morgan fingerprint density at radius 3 is 2.43 bits per heavy atom. The topological polar surface area (TPSA) is 34.6 Å². The number of anilines is 1. The van der Waals surface area contributed by atoms with E-state index in [9.17, 15) is 26.3 Å². The molecular weight excluding hydrogens is 390 g/mol. The lowest BCUT2D eigenvalue weighted by Gasteiger charge is -2.37. The van der Waals surface area contributed by atoms with E-state index in [4.69, 9.17) is 9.47 Å². The Morgan fingerprint density at radius 2 is 1.86 bits per heavy atom. The second-order valence-corrected chi connectivity index (χ2v) is 6.91. The summed E-state index contributed by atoms with van der Waals surface area (Å²) in [6.45, 7) is 3.49. The minimum Gasteiger partial charge on any atom is -0.489 e. The minimum atomic E-state index is -4.74. The third kappa shape index (κ3) is 4.20. The third-order valence-electron chi connectivity index (χ3n) is 4.20. The van der Waals surface area contributed by atoms with E-state index in [1.165, 1.54) is 13.0 Å². The van der Waals surface area contributed by atoms with Crippen molar-refractivity contribution in [2.24, 2.45) is 0 Å². The van der Waals surface area contributed by atoms with Crippen molar-refractivity contribution in [2.45, 2.75) is 45.3 Å². The molecule has 1 aliphatic rings. The summed E-state index contributed by atoms with van der Waals surface area (Å²) in [5.74, 6) is -0.164. The maximum Gasteiger partial charge on any atom is 0.417 e. The molecule has 1 aliphatic heterocycles. The Bertz CT molecular complexity index is 879. The molecule has 0 bridgehead atoms.